The maximum atomic E-state index is 3.71. The fraction of sp³-hybridized carbons (Fsp3) is 1.00. The summed E-state index contributed by atoms with van der Waals surface area (Å²) in [5, 5.41) is 0. The Morgan fingerprint density at radius 2 is 0.875 bits per heavy atom. The quantitative estimate of drug-likeness (QED) is 0.245. The smallest absolute Gasteiger partial charge is 0.0771 e. The van der Waals surface area contributed by atoms with E-state index in [-0.39, 0.29) is 3.74 Å². The minimum atomic E-state index is -0.645. The van der Waals surface area contributed by atoms with E-state index in [0.717, 1.165) is 0 Å². The highest BCUT2D eigenvalue weighted by Crippen LogP contribution is 2.69. The molecule has 0 bridgehead atoms. The van der Waals surface area contributed by atoms with Crippen LogP contribution in [0.4, 0.5) is 0 Å². The van der Waals surface area contributed by atoms with Gasteiger partial charge in [0.1, 0.15) is 7.56 Å². The molecular formula is C5HBr11. The van der Waals surface area contributed by atoms with Crippen molar-refractivity contribution in [1.29, 1.82) is 0 Å². The summed E-state index contributed by atoms with van der Waals surface area (Å²) < 4.78 is -2.55. The second kappa shape index (κ2) is 7.23. The molecule has 0 amide bonds. The Balaban J connectivity index is 5.75. The third kappa shape index (κ3) is 4.40. The molecular weight excluding hydrogens is 939 g/mol. The molecule has 0 aliphatic heterocycles. The second-order valence-electron chi connectivity index (χ2n) is 2.58. The highest BCUT2D eigenvalue weighted by atomic mass is 80.0. The van der Waals surface area contributed by atoms with Crippen molar-refractivity contribution in [2.45, 2.75) is 15.6 Å². The van der Waals surface area contributed by atoms with Gasteiger partial charge in [-0.2, -0.15) is 0 Å². The molecule has 11 heteroatoms. The van der Waals surface area contributed by atoms with Crippen molar-refractivity contribution in [1.82, 2.24) is 0 Å². The van der Waals surface area contributed by atoms with E-state index < -0.39 is 11.8 Å². The van der Waals surface area contributed by atoms with Gasteiger partial charge in [-0.3, -0.25) is 0 Å². The SMILES string of the molecule is BrC(Br)C(Br)(C(Br)(Br)Br)C(Br)(Br)C(Br)(Br)Br. The van der Waals surface area contributed by atoms with Gasteiger partial charge in [0.2, 0.25) is 0 Å². The van der Waals surface area contributed by atoms with Crippen LogP contribution < -0.4 is 0 Å². The monoisotopic (exact) mass is 929 g/mol. The largest absolute Gasteiger partial charge is 0.161 e. The van der Waals surface area contributed by atoms with Gasteiger partial charge in [0.05, 0.1) is 3.74 Å². The molecule has 0 aromatic carbocycles. The molecule has 0 nitrogen and oxygen atoms in total. The van der Waals surface area contributed by atoms with Crippen molar-refractivity contribution in [3.05, 3.63) is 0 Å². The first-order chi connectivity index (χ1) is 6.69. The topological polar surface area (TPSA) is 0 Å². The lowest BCUT2D eigenvalue weighted by Gasteiger charge is -2.49. The molecule has 0 aliphatic carbocycles. The lowest BCUT2D eigenvalue weighted by molar-refractivity contribution is 0.667. The number of rotatable bonds is 2. The fourth-order valence-electron chi connectivity index (χ4n) is 0.645. The molecule has 0 aromatic rings. The number of hydrogen-bond acceptors (Lipinski definition) is 0. The molecule has 1 atom stereocenters. The molecule has 0 saturated heterocycles. The Labute approximate surface area is 187 Å². The zero-order valence-electron chi connectivity index (χ0n) is 6.73. The van der Waals surface area contributed by atoms with Crippen LogP contribution in [0.25, 0.3) is 0 Å². The van der Waals surface area contributed by atoms with Crippen LogP contribution in [0.1, 0.15) is 0 Å². The maximum absolute atomic E-state index is 3.71. The molecule has 0 heterocycles. The van der Waals surface area contributed by atoms with Crippen molar-refractivity contribution in [2.75, 3.05) is 0 Å². The maximum Gasteiger partial charge on any atom is 0.161 e. The highest BCUT2D eigenvalue weighted by molar-refractivity contribution is 9.42. The average Bonchev–Trinajstić information content (AvgIpc) is 1.97. The van der Waals surface area contributed by atoms with Gasteiger partial charge in [-0.15, -0.1) is 0 Å². The van der Waals surface area contributed by atoms with Gasteiger partial charge in [0.25, 0.3) is 0 Å². The van der Waals surface area contributed by atoms with Crippen LogP contribution >= 0.6 is 175 Å². The summed E-state index contributed by atoms with van der Waals surface area (Å²) in [4.78, 5) is 0. The van der Waals surface area contributed by atoms with Crippen molar-refractivity contribution < 1.29 is 0 Å². The minimum Gasteiger partial charge on any atom is -0.0771 e. The van der Waals surface area contributed by atoms with Crippen molar-refractivity contribution >= 4 is 175 Å². The van der Waals surface area contributed by atoms with Gasteiger partial charge in [-0.25, -0.2) is 0 Å². The van der Waals surface area contributed by atoms with Crippen molar-refractivity contribution in [2.24, 2.45) is 0 Å². The Morgan fingerprint density at radius 1 is 0.562 bits per heavy atom. The van der Waals surface area contributed by atoms with Crippen LogP contribution in [0.15, 0.2) is 0 Å². The molecule has 0 spiro atoms. The van der Waals surface area contributed by atoms with E-state index in [1.165, 1.54) is 0 Å². The predicted octanol–water partition coefficient (Wildman–Crippen LogP) is 8.40. The summed E-state index contributed by atoms with van der Waals surface area (Å²) in [5.41, 5.74) is 0. The summed E-state index contributed by atoms with van der Waals surface area (Å²) in [7, 11) is 0. The Bertz CT molecular complexity index is 246. The first kappa shape index (κ1) is 21.3. The van der Waals surface area contributed by atoms with E-state index in [1.54, 1.807) is 0 Å². The zero-order chi connectivity index (χ0) is 13.6. The summed E-state index contributed by atoms with van der Waals surface area (Å²) in [6.07, 6.45) is 0. The molecule has 0 saturated carbocycles. The van der Waals surface area contributed by atoms with Crippen molar-refractivity contribution in [3.63, 3.8) is 0 Å². The molecule has 98 valence electrons. The molecule has 0 N–H and O–H groups in total. The van der Waals surface area contributed by atoms with Gasteiger partial charge in [-0.1, -0.05) is 175 Å². The van der Waals surface area contributed by atoms with Gasteiger partial charge in [0.15, 0.2) is 4.29 Å². The summed E-state index contributed by atoms with van der Waals surface area (Å²) >= 11 is 39.1. The molecule has 0 radical (unpaired) electrons. The molecule has 1 unspecified atom stereocenters. The Kier molecular flexibility index (Phi) is 9.62. The lowest BCUT2D eigenvalue weighted by atomic mass is 10.1. The van der Waals surface area contributed by atoms with Gasteiger partial charge < -0.3 is 0 Å². The normalized spacial score (nSPS) is 18.8. The molecule has 16 heavy (non-hydrogen) atoms. The van der Waals surface area contributed by atoms with Crippen molar-refractivity contribution in [3.8, 4) is 0 Å². The standard InChI is InChI=1S/C5HBr11/c6-1(7)2(8,4(11,12)13)3(9,10)5(14,15)16/h1H. The van der Waals surface area contributed by atoms with E-state index in [4.69, 9.17) is 0 Å². The summed E-state index contributed by atoms with van der Waals surface area (Å²) in [6, 6.07) is 0. The van der Waals surface area contributed by atoms with Crippen LogP contribution in [0.2, 0.25) is 0 Å². The van der Waals surface area contributed by atoms with E-state index in [9.17, 15) is 0 Å². The predicted molar refractivity (Wildman–Crippen MR) is 113 cm³/mol. The van der Waals surface area contributed by atoms with E-state index in [0.29, 0.717) is 0 Å². The van der Waals surface area contributed by atoms with E-state index >= 15 is 0 Å². The zero-order valence-corrected chi connectivity index (χ0v) is 24.2. The molecule has 0 aromatic heterocycles. The number of hydrogen-bond donors (Lipinski definition) is 0. The molecule has 0 aliphatic rings. The van der Waals surface area contributed by atoms with Crippen LogP contribution in [0.5, 0.6) is 0 Å². The number of alkyl halides is 11. The number of halogens is 11. The van der Waals surface area contributed by atoms with E-state index in [1.807, 2.05) is 0 Å². The fourth-order valence-corrected chi connectivity index (χ4v) is 11.4. The minimum absolute atomic E-state index is 0.101. The van der Waals surface area contributed by atoms with Gasteiger partial charge in [-0.05, 0) is 0 Å². The molecule has 0 fully saturated rings. The first-order valence-electron chi connectivity index (χ1n) is 3.18. The third-order valence-electron chi connectivity index (χ3n) is 1.53. The van der Waals surface area contributed by atoms with Crippen LogP contribution in [-0.4, -0.2) is 15.6 Å². The first-order valence-corrected chi connectivity index (χ1v) is 12.1. The lowest BCUT2D eigenvalue weighted by Crippen LogP contribution is -2.59. The van der Waals surface area contributed by atoms with Crippen LogP contribution in [0, 0.1) is 0 Å². The average molecular weight is 940 g/mol. The summed E-state index contributed by atoms with van der Waals surface area (Å²) in [5.74, 6) is 0. The van der Waals surface area contributed by atoms with Gasteiger partial charge in [0, 0.05) is 0 Å². The summed E-state index contributed by atoms with van der Waals surface area (Å²) in [6.45, 7) is 0. The second-order valence-corrected chi connectivity index (χ2v) is 23.9. The van der Waals surface area contributed by atoms with Crippen LogP contribution in [0.3, 0.4) is 0 Å². The highest BCUT2D eigenvalue weighted by Gasteiger charge is 2.67. The Hall–Kier alpha value is 5.28. The van der Waals surface area contributed by atoms with Crippen LogP contribution in [-0.2, 0) is 0 Å². The van der Waals surface area contributed by atoms with Gasteiger partial charge >= 0.3 is 0 Å². The van der Waals surface area contributed by atoms with E-state index in [2.05, 4.69) is 175 Å². The Morgan fingerprint density at radius 3 is 0.938 bits per heavy atom. The third-order valence-corrected chi connectivity index (χ3v) is 17.7. The molecule has 0 rings (SSSR count).